The number of fused-ring (bicyclic) bond motifs is 1. The van der Waals surface area contributed by atoms with Gasteiger partial charge in [0.25, 0.3) is 0 Å². The van der Waals surface area contributed by atoms with Crippen LogP contribution in [0.4, 0.5) is 0 Å². The minimum Gasteiger partial charge on any atom is -0.508 e. The van der Waals surface area contributed by atoms with Gasteiger partial charge in [-0.25, -0.2) is 5.43 Å². The molecule has 2 aliphatic carbocycles. The summed E-state index contributed by atoms with van der Waals surface area (Å²) in [5, 5.41) is 22.7. The molecule has 0 unspecified atom stereocenters. The van der Waals surface area contributed by atoms with Crippen molar-refractivity contribution in [2.24, 2.45) is 22.4 Å². The van der Waals surface area contributed by atoms with Crippen LogP contribution in [-0.2, 0) is 4.79 Å². The van der Waals surface area contributed by atoms with Crippen LogP contribution in [0.15, 0.2) is 23.3 Å². The summed E-state index contributed by atoms with van der Waals surface area (Å²) < 4.78 is 0. The first kappa shape index (κ1) is 13.9. The Morgan fingerprint density at radius 3 is 2.90 bits per heavy atom. The van der Waals surface area contributed by atoms with Gasteiger partial charge in [-0.05, 0) is 36.3 Å². The first-order valence-corrected chi connectivity index (χ1v) is 7.37. The maximum absolute atomic E-state index is 12.2. The van der Waals surface area contributed by atoms with Crippen LogP contribution >= 0.6 is 0 Å². The van der Waals surface area contributed by atoms with Crippen molar-refractivity contribution in [3.05, 3.63) is 23.8 Å². The second-order valence-electron chi connectivity index (χ2n) is 6.31. The van der Waals surface area contributed by atoms with Gasteiger partial charge in [0, 0.05) is 17.5 Å². The van der Waals surface area contributed by atoms with Crippen molar-refractivity contribution in [3.8, 4) is 11.5 Å². The highest BCUT2D eigenvalue weighted by molar-refractivity contribution is 5.87. The van der Waals surface area contributed by atoms with E-state index in [4.69, 9.17) is 0 Å². The number of nitrogens with zero attached hydrogens (tertiary/aromatic N) is 1. The minimum atomic E-state index is -0.0694. The molecule has 1 aromatic carbocycles. The molecule has 0 spiro atoms. The minimum absolute atomic E-state index is 0.0105. The van der Waals surface area contributed by atoms with Gasteiger partial charge in [0.2, 0.25) is 5.91 Å². The van der Waals surface area contributed by atoms with Crippen molar-refractivity contribution in [1.82, 2.24) is 5.43 Å². The maximum Gasteiger partial charge on any atom is 0.244 e. The molecular formula is C16H20N2O3. The number of amides is 1. The summed E-state index contributed by atoms with van der Waals surface area (Å²) in [6, 6.07) is 4.23. The molecule has 112 valence electrons. The zero-order valence-corrected chi connectivity index (χ0v) is 12.0. The summed E-state index contributed by atoms with van der Waals surface area (Å²) in [5.74, 6) is 0.469. The lowest BCUT2D eigenvalue weighted by Gasteiger charge is -2.15. The van der Waals surface area contributed by atoms with Crippen molar-refractivity contribution in [2.45, 2.75) is 32.6 Å². The van der Waals surface area contributed by atoms with Crippen molar-refractivity contribution < 1.29 is 15.0 Å². The van der Waals surface area contributed by atoms with E-state index in [0.717, 1.165) is 12.8 Å². The Bertz CT molecular complexity index is 599. The number of carbonyl (C=O) groups excluding carboxylic acids is 1. The highest BCUT2D eigenvalue weighted by Crippen LogP contribution is 2.66. The Balaban J connectivity index is 1.60. The highest BCUT2D eigenvalue weighted by atomic mass is 16.3. The number of hydrogen-bond acceptors (Lipinski definition) is 4. The van der Waals surface area contributed by atoms with Crippen LogP contribution in [0.5, 0.6) is 11.5 Å². The topological polar surface area (TPSA) is 81.9 Å². The van der Waals surface area contributed by atoms with Crippen molar-refractivity contribution in [1.29, 1.82) is 0 Å². The highest BCUT2D eigenvalue weighted by Gasteiger charge is 2.64. The molecule has 0 heterocycles. The van der Waals surface area contributed by atoms with Crippen LogP contribution in [0.25, 0.3) is 0 Å². The van der Waals surface area contributed by atoms with Gasteiger partial charge < -0.3 is 10.2 Å². The zero-order chi connectivity index (χ0) is 15.0. The summed E-state index contributed by atoms with van der Waals surface area (Å²) in [5.41, 5.74) is 3.19. The second-order valence-corrected chi connectivity index (χ2v) is 6.31. The Morgan fingerprint density at radius 2 is 2.24 bits per heavy atom. The number of hydrogen-bond donors (Lipinski definition) is 3. The van der Waals surface area contributed by atoms with Crippen LogP contribution in [0.3, 0.4) is 0 Å². The van der Waals surface area contributed by atoms with Crippen LogP contribution in [0.1, 0.15) is 38.2 Å². The first-order valence-electron chi connectivity index (χ1n) is 7.37. The first-order chi connectivity index (χ1) is 10.0. The van der Waals surface area contributed by atoms with E-state index in [1.54, 1.807) is 6.07 Å². The van der Waals surface area contributed by atoms with E-state index < -0.39 is 0 Å². The zero-order valence-electron chi connectivity index (χ0n) is 12.0. The number of nitrogens with one attached hydrogen (secondary N) is 1. The third-order valence-electron chi connectivity index (χ3n) is 5.01. The Hall–Kier alpha value is -2.04. The monoisotopic (exact) mass is 288 g/mol. The largest absolute Gasteiger partial charge is 0.508 e. The number of aromatic hydroxyl groups is 2. The molecule has 0 aliphatic heterocycles. The molecule has 1 amide bonds. The SMILES string of the molecule is C[C@@]12CCCC[C@H]1[C@@H]2C(=O)N/N=C\c1ccc(O)cc1O. The third-order valence-corrected chi connectivity index (χ3v) is 5.01. The summed E-state index contributed by atoms with van der Waals surface area (Å²) in [7, 11) is 0. The summed E-state index contributed by atoms with van der Waals surface area (Å²) in [6.07, 6.45) is 6.08. The maximum atomic E-state index is 12.2. The third kappa shape index (κ3) is 2.48. The lowest BCUT2D eigenvalue weighted by molar-refractivity contribution is -0.123. The Morgan fingerprint density at radius 1 is 1.43 bits per heavy atom. The number of rotatable bonds is 3. The van der Waals surface area contributed by atoms with E-state index in [1.165, 1.54) is 31.2 Å². The molecule has 0 radical (unpaired) electrons. The van der Waals surface area contributed by atoms with Crippen LogP contribution < -0.4 is 5.43 Å². The molecule has 3 rings (SSSR count). The molecule has 5 nitrogen and oxygen atoms in total. The lowest BCUT2D eigenvalue weighted by Crippen LogP contribution is -2.22. The van der Waals surface area contributed by atoms with Gasteiger partial charge >= 0.3 is 0 Å². The van der Waals surface area contributed by atoms with Gasteiger partial charge in [-0.2, -0.15) is 5.10 Å². The summed E-state index contributed by atoms with van der Waals surface area (Å²) in [6.45, 7) is 2.19. The molecule has 0 saturated heterocycles. The summed E-state index contributed by atoms with van der Waals surface area (Å²) in [4.78, 5) is 12.2. The van der Waals surface area contributed by atoms with Crippen LogP contribution in [0, 0.1) is 17.3 Å². The summed E-state index contributed by atoms with van der Waals surface area (Å²) >= 11 is 0. The molecule has 2 saturated carbocycles. The molecule has 3 N–H and O–H groups in total. The average molecular weight is 288 g/mol. The van der Waals surface area contributed by atoms with Gasteiger partial charge in [-0.3, -0.25) is 4.79 Å². The predicted molar refractivity (Wildman–Crippen MR) is 79.1 cm³/mol. The molecule has 2 fully saturated rings. The van der Waals surface area contributed by atoms with E-state index in [9.17, 15) is 15.0 Å². The van der Waals surface area contributed by atoms with Crippen molar-refractivity contribution in [2.75, 3.05) is 0 Å². The standard InChI is InChI=1S/C16H20N2O3/c1-16-7-3-2-4-12(16)14(16)15(21)18-17-9-10-5-6-11(19)8-13(10)20/h5-6,8-9,12,14,19-20H,2-4,7H2,1H3,(H,18,21)/b17-9-/t12-,14+,16+/m0/s1. The number of phenolic OH excluding ortho intramolecular Hbond substituents is 2. The smallest absolute Gasteiger partial charge is 0.244 e. The van der Waals surface area contributed by atoms with E-state index in [2.05, 4.69) is 17.5 Å². The second kappa shape index (κ2) is 5.06. The van der Waals surface area contributed by atoms with E-state index in [1.807, 2.05) is 0 Å². The normalized spacial score (nSPS) is 30.9. The molecule has 3 atom stereocenters. The number of hydrazone groups is 1. The predicted octanol–water partition coefficient (Wildman–Crippen LogP) is 2.37. The van der Waals surface area contributed by atoms with Gasteiger partial charge in [-0.15, -0.1) is 0 Å². The van der Waals surface area contributed by atoms with Crippen molar-refractivity contribution >= 4 is 12.1 Å². The molecule has 0 aromatic heterocycles. The van der Waals surface area contributed by atoms with E-state index in [-0.39, 0.29) is 28.7 Å². The average Bonchev–Trinajstić information content (AvgIpc) is 3.07. The molecule has 2 aliphatic rings. The van der Waals surface area contributed by atoms with Gasteiger partial charge in [0.15, 0.2) is 0 Å². The number of carbonyl (C=O) groups is 1. The molecule has 1 aromatic rings. The lowest BCUT2D eigenvalue weighted by atomic mass is 9.90. The van der Waals surface area contributed by atoms with Crippen LogP contribution in [-0.4, -0.2) is 22.3 Å². The number of benzene rings is 1. The molecule has 5 heteroatoms. The fourth-order valence-corrected chi connectivity index (χ4v) is 3.73. The molecule has 0 bridgehead atoms. The molecule has 21 heavy (non-hydrogen) atoms. The fraction of sp³-hybridized carbons (Fsp3) is 0.500. The molecular weight excluding hydrogens is 268 g/mol. The fourth-order valence-electron chi connectivity index (χ4n) is 3.73. The van der Waals surface area contributed by atoms with Gasteiger partial charge in [0.1, 0.15) is 11.5 Å². The van der Waals surface area contributed by atoms with E-state index in [0.29, 0.717) is 11.5 Å². The van der Waals surface area contributed by atoms with Gasteiger partial charge in [-0.1, -0.05) is 19.8 Å². The Kier molecular flexibility index (Phi) is 3.35. The number of phenols is 2. The van der Waals surface area contributed by atoms with Crippen LogP contribution in [0.2, 0.25) is 0 Å². The van der Waals surface area contributed by atoms with Gasteiger partial charge in [0.05, 0.1) is 6.21 Å². The van der Waals surface area contributed by atoms with E-state index >= 15 is 0 Å². The van der Waals surface area contributed by atoms with Crippen molar-refractivity contribution in [3.63, 3.8) is 0 Å². The Labute approximate surface area is 123 Å². The quantitative estimate of drug-likeness (QED) is 0.590.